The molecule has 0 unspecified atom stereocenters. The summed E-state index contributed by atoms with van der Waals surface area (Å²) in [7, 11) is 0. The number of para-hydroxylation sites is 1. The van der Waals surface area contributed by atoms with Gasteiger partial charge in [-0.1, -0.05) is 17.7 Å². The number of fused-ring (bicyclic) bond motifs is 1. The van der Waals surface area contributed by atoms with Crippen molar-refractivity contribution in [2.24, 2.45) is 0 Å². The summed E-state index contributed by atoms with van der Waals surface area (Å²) < 4.78 is 5.71. The molecule has 0 fully saturated rings. The number of rotatable bonds is 2. The third kappa shape index (κ3) is 1.87. The summed E-state index contributed by atoms with van der Waals surface area (Å²) in [5.74, 6) is 0.881. The van der Waals surface area contributed by atoms with Gasteiger partial charge in [0.2, 0.25) is 5.88 Å². The monoisotopic (exact) mass is 277 g/mol. The molecular formula is C12H8ClN3OS. The van der Waals surface area contributed by atoms with E-state index < -0.39 is 0 Å². The molecule has 0 bridgehead atoms. The molecule has 0 aliphatic rings. The first kappa shape index (κ1) is 11.3. The number of hydrogen-bond donors (Lipinski definition) is 1. The Hall–Kier alpha value is -1.85. The molecule has 90 valence electrons. The third-order valence-electron chi connectivity index (χ3n) is 2.42. The molecule has 0 saturated carbocycles. The minimum atomic E-state index is 0.422. The fourth-order valence-corrected chi connectivity index (χ4v) is 2.52. The standard InChI is InChI=1S/C12H8ClN3OS/c13-8-2-1-3-9(14)10(8)17-11-7-4-5-18-12(7)16-6-15-11/h1-6H,14H2. The molecule has 0 spiro atoms. The fourth-order valence-electron chi connectivity index (χ4n) is 1.58. The van der Waals surface area contributed by atoms with Gasteiger partial charge in [0.25, 0.3) is 0 Å². The second kappa shape index (κ2) is 4.44. The second-order valence-electron chi connectivity index (χ2n) is 3.58. The Morgan fingerprint density at radius 1 is 1.22 bits per heavy atom. The summed E-state index contributed by atoms with van der Waals surface area (Å²) in [6, 6.07) is 7.12. The number of anilines is 1. The van der Waals surface area contributed by atoms with Gasteiger partial charge in [0.15, 0.2) is 5.75 Å². The summed E-state index contributed by atoms with van der Waals surface area (Å²) in [6.07, 6.45) is 1.46. The summed E-state index contributed by atoms with van der Waals surface area (Å²) in [4.78, 5) is 9.13. The highest BCUT2D eigenvalue weighted by atomic mass is 35.5. The van der Waals surface area contributed by atoms with E-state index in [-0.39, 0.29) is 0 Å². The van der Waals surface area contributed by atoms with E-state index in [1.54, 1.807) is 18.2 Å². The first-order chi connectivity index (χ1) is 8.75. The summed E-state index contributed by atoms with van der Waals surface area (Å²) in [6.45, 7) is 0. The molecule has 2 aromatic heterocycles. The molecule has 0 aliphatic carbocycles. The van der Waals surface area contributed by atoms with E-state index in [0.29, 0.717) is 22.3 Å². The second-order valence-corrected chi connectivity index (χ2v) is 4.88. The van der Waals surface area contributed by atoms with Crippen molar-refractivity contribution in [3.8, 4) is 11.6 Å². The average Bonchev–Trinajstić information content (AvgIpc) is 2.83. The van der Waals surface area contributed by atoms with Gasteiger partial charge in [0, 0.05) is 0 Å². The Balaban J connectivity index is 2.09. The SMILES string of the molecule is Nc1cccc(Cl)c1Oc1ncnc2sccc12. The molecule has 0 aliphatic heterocycles. The van der Waals surface area contributed by atoms with Crippen LogP contribution in [0.4, 0.5) is 5.69 Å². The van der Waals surface area contributed by atoms with E-state index in [9.17, 15) is 0 Å². The summed E-state index contributed by atoms with van der Waals surface area (Å²) >= 11 is 7.58. The molecule has 0 atom stereocenters. The zero-order valence-corrected chi connectivity index (χ0v) is 10.7. The van der Waals surface area contributed by atoms with E-state index in [1.165, 1.54) is 17.7 Å². The molecule has 0 saturated heterocycles. The molecule has 4 nitrogen and oxygen atoms in total. The average molecular weight is 278 g/mol. The van der Waals surface area contributed by atoms with Crippen molar-refractivity contribution in [2.75, 3.05) is 5.73 Å². The van der Waals surface area contributed by atoms with Crippen LogP contribution < -0.4 is 10.5 Å². The maximum atomic E-state index is 6.06. The maximum Gasteiger partial charge on any atom is 0.231 e. The van der Waals surface area contributed by atoms with Gasteiger partial charge in [-0.2, -0.15) is 0 Å². The van der Waals surface area contributed by atoms with Crippen LogP contribution in [0.1, 0.15) is 0 Å². The first-order valence-corrected chi connectivity index (χ1v) is 6.41. The van der Waals surface area contributed by atoms with Crippen molar-refractivity contribution >= 4 is 38.8 Å². The highest BCUT2D eigenvalue weighted by Crippen LogP contribution is 2.36. The van der Waals surface area contributed by atoms with Crippen LogP contribution in [0, 0.1) is 0 Å². The van der Waals surface area contributed by atoms with Crippen LogP contribution in [0.5, 0.6) is 11.6 Å². The van der Waals surface area contributed by atoms with Crippen molar-refractivity contribution in [3.63, 3.8) is 0 Å². The lowest BCUT2D eigenvalue weighted by molar-refractivity contribution is 0.471. The Bertz CT molecular complexity index is 693. The number of nitrogen functional groups attached to an aromatic ring is 1. The molecular weight excluding hydrogens is 270 g/mol. The lowest BCUT2D eigenvalue weighted by Crippen LogP contribution is -1.95. The zero-order valence-electron chi connectivity index (χ0n) is 9.13. The molecule has 0 radical (unpaired) electrons. The molecule has 18 heavy (non-hydrogen) atoms. The smallest absolute Gasteiger partial charge is 0.231 e. The van der Waals surface area contributed by atoms with Crippen molar-refractivity contribution in [1.82, 2.24) is 9.97 Å². The van der Waals surface area contributed by atoms with Crippen LogP contribution in [0.15, 0.2) is 36.0 Å². The van der Waals surface area contributed by atoms with Crippen molar-refractivity contribution < 1.29 is 4.74 Å². The Morgan fingerprint density at radius 3 is 2.94 bits per heavy atom. The minimum Gasteiger partial charge on any atom is -0.434 e. The van der Waals surface area contributed by atoms with Crippen LogP contribution in [-0.4, -0.2) is 9.97 Å². The summed E-state index contributed by atoms with van der Waals surface area (Å²) in [5.41, 5.74) is 6.31. The Labute approximate surface area is 112 Å². The molecule has 2 heterocycles. The molecule has 3 rings (SSSR count). The summed E-state index contributed by atoms with van der Waals surface area (Å²) in [5, 5.41) is 3.24. The van der Waals surface area contributed by atoms with Crippen LogP contribution in [0.3, 0.4) is 0 Å². The Kier molecular flexibility index (Phi) is 2.77. The lowest BCUT2D eigenvalue weighted by atomic mass is 10.3. The molecule has 2 N–H and O–H groups in total. The van der Waals surface area contributed by atoms with Crippen molar-refractivity contribution in [2.45, 2.75) is 0 Å². The largest absolute Gasteiger partial charge is 0.434 e. The zero-order chi connectivity index (χ0) is 12.5. The number of nitrogens with zero attached hydrogens (tertiary/aromatic N) is 2. The van der Waals surface area contributed by atoms with E-state index >= 15 is 0 Å². The van der Waals surface area contributed by atoms with Gasteiger partial charge in [-0.3, -0.25) is 0 Å². The quantitative estimate of drug-likeness (QED) is 0.725. The highest BCUT2D eigenvalue weighted by Gasteiger charge is 2.11. The van der Waals surface area contributed by atoms with Gasteiger partial charge < -0.3 is 10.5 Å². The van der Waals surface area contributed by atoms with Gasteiger partial charge in [-0.05, 0) is 23.6 Å². The van der Waals surface area contributed by atoms with Crippen molar-refractivity contribution in [3.05, 3.63) is 41.0 Å². The highest BCUT2D eigenvalue weighted by molar-refractivity contribution is 7.16. The van der Waals surface area contributed by atoms with Gasteiger partial charge in [-0.25, -0.2) is 9.97 Å². The minimum absolute atomic E-state index is 0.422. The van der Waals surface area contributed by atoms with E-state index in [0.717, 1.165) is 10.2 Å². The lowest BCUT2D eigenvalue weighted by Gasteiger charge is -2.09. The fraction of sp³-hybridized carbons (Fsp3) is 0. The van der Waals surface area contributed by atoms with Crippen molar-refractivity contribution in [1.29, 1.82) is 0 Å². The van der Waals surface area contributed by atoms with E-state index in [4.69, 9.17) is 22.1 Å². The topological polar surface area (TPSA) is 61.0 Å². The number of thiophene rings is 1. The van der Waals surface area contributed by atoms with Gasteiger partial charge in [0.05, 0.1) is 16.1 Å². The van der Waals surface area contributed by atoms with Crippen LogP contribution in [0.2, 0.25) is 5.02 Å². The Morgan fingerprint density at radius 2 is 2.11 bits per heavy atom. The number of halogens is 1. The molecule has 0 amide bonds. The molecule has 6 heteroatoms. The first-order valence-electron chi connectivity index (χ1n) is 5.16. The van der Waals surface area contributed by atoms with Crippen LogP contribution in [-0.2, 0) is 0 Å². The molecule has 3 aromatic rings. The van der Waals surface area contributed by atoms with Crippen LogP contribution >= 0.6 is 22.9 Å². The predicted molar refractivity (Wildman–Crippen MR) is 73.4 cm³/mol. The number of ether oxygens (including phenoxy) is 1. The number of nitrogens with two attached hydrogens (primary N) is 1. The number of aromatic nitrogens is 2. The number of hydrogen-bond acceptors (Lipinski definition) is 5. The van der Waals surface area contributed by atoms with Gasteiger partial charge in [0.1, 0.15) is 11.2 Å². The van der Waals surface area contributed by atoms with Gasteiger partial charge in [-0.15, -0.1) is 11.3 Å². The number of benzene rings is 1. The normalized spacial score (nSPS) is 10.7. The molecule has 1 aromatic carbocycles. The maximum absolute atomic E-state index is 6.06. The van der Waals surface area contributed by atoms with E-state index in [1.807, 2.05) is 11.4 Å². The van der Waals surface area contributed by atoms with Gasteiger partial charge >= 0.3 is 0 Å². The predicted octanol–water partition coefficient (Wildman–Crippen LogP) is 3.72. The van der Waals surface area contributed by atoms with Crippen LogP contribution in [0.25, 0.3) is 10.2 Å². The van der Waals surface area contributed by atoms with E-state index in [2.05, 4.69) is 9.97 Å². The third-order valence-corrected chi connectivity index (χ3v) is 3.54.